The van der Waals surface area contributed by atoms with Gasteiger partial charge < -0.3 is 101 Å². The van der Waals surface area contributed by atoms with E-state index >= 15 is 0 Å². The molecule has 760 valence electrons. The van der Waals surface area contributed by atoms with E-state index in [-0.39, 0.29) is 74.6 Å². The molecule has 46 nitrogen and oxygen atoms in total. The highest BCUT2D eigenvalue weighted by Gasteiger charge is 2.34. The smallest absolute Gasteiger partial charge is 0.341 e. The fraction of sp³-hybridized carbons (Fsp3) is 0.329. The van der Waals surface area contributed by atoms with Gasteiger partial charge in [0.2, 0.25) is 35.4 Å². The molecule has 0 atom stereocenters. The summed E-state index contributed by atoms with van der Waals surface area (Å²) in [4.78, 5) is 158. The molecule has 64 heteroatoms. The maximum absolute atomic E-state index is 12.6. The van der Waals surface area contributed by atoms with E-state index < -0.39 is 177 Å². The Morgan fingerprint density at radius 1 is 0.307 bits per heavy atom. The molecule has 0 unspecified atom stereocenters. The molecule has 0 fully saturated rings. The quantitative estimate of drug-likeness (QED) is 0.0113. The van der Waals surface area contributed by atoms with E-state index in [2.05, 4.69) is 52.8 Å². The van der Waals surface area contributed by atoms with Crippen molar-refractivity contribution < 1.29 is 183 Å². The predicted molar refractivity (Wildman–Crippen MR) is 585 cm³/mol. The maximum Gasteiger partial charge on any atom is 0.341 e. The first-order valence-corrected chi connectivity index (χ1v) is 58.5. The van der Waals surface area contributed by atoms with Crippen molar-refractivity contribution in [1.82, 2.24) is 0 Å². The zero-order valence-corrected chi connectivity index (χ0v) is 103. The molecule has 0 aromatic heterocycles. The van der Waals surface area contributed by atoms with Crippen LogP contribution >= 0.6 is 271 Å². The Bertz CT molecular complexity index is 6260. The third kappa shape index (κ3) is 47.5. The minimum Gasteiger partial charge on any atom is -0.748 e. The van der Waals surface area contributed by atoms with E-state index in [4.69, 9.17) is 28.4 Å². The van der Waals surface area contributed by atoms with Gasteiger partial charge in [0.05, 0.1) is 202 Å². The summed E-state index contributed by atoms with van der Waals surface area (Å²) in [6.07, 6.45) is 0. The fourth-order valence-electron chi connectivity index (χ4n) is 9.10. The van der Waals surface area contributed by atoms with E-state index in [0.29, 0.717) is 77.8 Å². The van der Waals surface area contributed by atoms with Crippen LogP contribution in [-0.2, 0) is 123 Å². The summed E-state index contributed by atoms with van der Waals surface area (Å²) in [5.74, 6) is -11.5. The molecule has 6 amide bonds. The van der Waals surface area contributed by atoms with E-state index in [1.54, 1.807) is 24.3 Å². The van der Waals surface area contributed by atoms with Gasteiger partial charge >= 0.3 is 41.8 Å². The highest BCUT2D eigenvalue weighted by molar-refractivity contribution is 14.1. The number of carbonyl (C=O) groups is 13. The van der Waals surface area contributed by atoms with Crippen LogP contribution in [0.1, 0.15) is 111 Å². The molecule has 0 radical (unpaired) electrons. The Hall–Kier alpha value is -3.75. The maximum atomic E-state index is 12.6. The van der Waals surface area contributed by atoms with Crippen LogP contribution < -0.4 is 44.9 Å². The number of hydrogen-bond acceptors (Lipinski definition) is 40. The number of benzene rings is 6. The lowest BCUT2D eigenvalue weighted by atomic mass is 10.1. The van der Waals surface area contributed by atoms with Gasteiger partial charge in [0.25, 0.3) is 0 Å². The molecular formula is C73H72I12N6O40S6-6. The first-order valence-electron chi connectivity index (χ1n) is 36.1. The van der Waals surface area contributed by atoms with Gasteiger partial charge in [0.1, 0.15) is 68.0 Å². The predicted octanol–water partition coefficient (Wildman–Crippen LogP) is 9.35. The van der Waals surface area contributed by atoms with Crippen molar-refractivity contribution in [2.75, 3.05) is 140 Å². The van der Waals surface area contributed by atoms with Crippen LogP contribution in [0.3, 0.4) is 0 Å². The molecule has 0 heterocycles. The Labute approximate surface area is 948 Å². The van der Waals surface area contributed by atoms with E-state index in [9.17, 15) is 140 Å². The van der Waals surface area contributed by atoms with E-state index in [1.165, 1.54) is 129 Å². The Balaban J connectivity index is 0.000000829. The lowest BCUT2D eigenvalue weighted by Gasteiger charge is -2.27. The second-order valence-corrected chi connectivity index (χ2v) is 48.2. The molecule has 3 N–H and O–H groups in total. The summed E-state index contributed by atoms with van der Waals surface area (Å²) in [5.41, 5.74) is 2.76. The number of esters is 7. The van der Waals surface area contributed by atoms with Gasteiger partial charge in [-0.15, -0.1) is 0 Å². The van der Waals surface area contributed by atoms with Gasteiger partial charge in [-0.05, 0) is 326 Å². The lowest BCUT2D eigenvalue weighted by molar-refractivity contribution is -0.132. The highest BCUT2D eigenvalue weighted by Crippen LogP contribution is 2.45. The monoisotopic (exact) mass is 3390 g/mol. The third-order valence-corrected chi connectivity index (χ3v) is 31.2. The van der Waals surface area contributed by atoms with Gasteiger partial charge in [0.15, 0.2) is 0 Å². The molecule has 6 aromatic carbocycles. The number of carbonyl (C=O) groups excluding carboxylic acids is 13. The SMILES string of the molecule is CC(=O)N(C)c1c(I)c(C(=O)OCCS(=O)(=O)[O-])c(I)c(N(C)C(C)=O)c1I.CC(=O)Nc1c(I)c(C(=O)OCCS(=O)(=O)[O-])c(I)c(N(C)C(C)=O)c1I.CC(=O)Nc1c(I)c(NC(C)=O)c(I)c(C(=O)OCCS(=O)(=O)[O-])c1I.CC(=O)Oc1cc(I)ccc1C(=O)OCCS(=O)(=O)[O-].COc1cc(C(=O)OCCS(=O)(=O)[O-])ccc1I.COc1cc(I)ccc1C(=O)OCCS(=O)(=O)[O-]. The van der Waals surface area contributed by atoms with Crippen molar-refractivity contribution in [3.63, 3.8) is 0 Å². The molecule has 0 saturated carbocycles. The molecule has 6 rings (SSSR count). The van der Waals surface area contributed by atoms with Crippen LogP contribution in [0.2, 0.25) is 0 Å². The highest BCUT2D eigenvalue weighted by atomic mass is 127. The average Bonchev–Trinajstić information content (AvgIpc) is 0.759. The van der Waals surface area contributed by atoms with Crippen LogP contribution in [-0.4, -0.2) is 265 Å². The second-order valence-electron chi connectivity index (χ2n) is 25.7. The third-order valence-electron chi connectivity index (χ3n) is 15.4. The van der Waals surface area contributed by atoms with Gasteiger partial charge in [-0.3, -0.25) is 33.6 Å². The number of ether oxygens (including phenoxy) is 9. The fourth-order valence-corrected chi connectivity index (χ4v) is 26.1. The standard InChI is InChI=1S/C15H17I3N2O7S.C14H15I3N2O7S.C13H13I3N2O7S.C11H11IO7S.2C10H11IO6S/c1-7(21)19(3)13-10(16)9(15(23)27-5-6-28(24,25)26)11(17)14(12(13)18)20(4)8(2)22;1-6(20)18-12-9(15)8(14(22)26-4-5-27(23,24)25)10(16)13(11(12)17)19(3)7(2)21;1-5(19)17-11-8(14)7(13(21)25-3-4-26(22,23)24)9(15)12(10(11)16)18-6(2)20;1-7(13)19-10-6-8(12)2-3-9(10)11(14)18-4-5-20(15,16)17;1-16-9-6-7(11)2-3-8(9)10(12)17-4-5-18(13,14)15;1-16-9-6-7(2-3-8(9)11)10(12)17-4-5-18(13,14)15/h5-6H2,1-4H3,(H,24,25,26);4-5H2,1-3H3,(H,18,20)(H,23,24,25);3-4H2,1-2H3,(H,17,19)(H,18,20)(H,22,23,24);2-3,6H,4-5H2,1H3,(H,15,16,17);2*2-3,6H,4-5H2,1H3,(H,13,14,15)/p-6. The molecule has 0 aliphatic carbocycles. The molecule has 0 aliphatic rings. The van der Waals surface area contributed by atoms with Crippen LogP contribution in [0.25, 0.3) is 0 Å². The lowest BCUT2D eigenvalue weighted by Crippen LogP contribution is -2.30. The van der Waals surface area contributed by atoms with Crippen LogP contribution in [0.5, 0.6) is 17.2 Å². The first-order chi connectivity index (χ1) is 62.7. The number of methoxy groups -OCH3 is 2. The summed E-state index contributed by atoms with van der Waals surface area (Å²) in [6.45, 7) is 5.83. The van der Waals surface area contributed by atoms with Crippen LogP contribution in [0, 0.1) is 42.8 Å². The molecule has 0 spiro atoms. The number of amides is 6. The average molecular weight is 3390 g/mol. The molecular weight excluding hydrogens is 3320 g/mol. The van der Waals surface area contributed by atoms with Crippen molar-refractivity contribution in [2.45, 2.75) is 48.5 Å². The minimum atomic E-state index is -4.53. The van der Waals surface area contributed by atoms with Crippen LogP contribution in [0.15, 0.2) is 54.6 Å². The topological polar surface area (TPSA) is 694 Å². The van der Waals surface area contributed by atoms with Crippen molar-refractivity contribution in [3.8, 4) is 17.2 Å². The van der Waals surface area contributed by atoms with Crippen LogP contribution in [0.4, 0.5) is 34.1 Å². The number of nitrogens with one attached hydrogen (secondary N) is 3. The summed E-state index contributed by atoms with van der Waals surface area (Å²) in [7, 11) is -19.3. The number of halogens is 12. The van der Waals surface area contributed by atoms with Crippen molar-refractivity contribution >= 4 is 443 Å². The number of anilines is 6. The molecule has 0 bridgehead atoms. The first kappa shape index (κ1) is 131. The number of hydrogen-bond donors (Lipinski definition) is 3. The molecule has 0 saturated heterocycles. The van der Waals surface area contributed by atoms with Crippen molar-refractivity contribution in [1.29, 1.82) is 0 Å². The number of rotatable bonds is 33. The molecule has 6 aromatic rings. The Morgan fingerprint density at radius 3 is 0.839 bits per heavy atom. The minimum absolute atomic E-state index is 0.0133. The molecule has 137 heavy (non-hydrogen) atoms. The molecule has 0 aliphatic heterocycles. The number of nitrogens with zero attached hydrogens (tertiary/aromatic N) is 3. The second kappa shape index (κ2) is 60.4. The zero-order chi connectivity index (χ0) is 106. The Kier molecular flexibility index (Phi) is 57.8. The largest absolute Gasteiger partial charge is 0.748 e. The Morgan fingerprint density at radius 2 is 0.562 bits per heavy atom. The van der Waals surface area contributed by atoms with E-state index in [1.807, 2.05) is 248 Å². The summed E-state index contributed by atoms with van der Waals surface area (Å²) in [5, 5.41) is 7.82. The van der Waals surface area contributed by atoms with E-state index in [0.717, 1.165) is 10.7 Å². The normalized spacial score (nSPS) is 11.1. The van der Waals surface area contributed by atoms with Gasteiger partial charge in [-0.2, -0.15) is 0 Å². The summed E-state index contributed by atoms with van der Waals surface area (Å²) >= 11 is 23.2. The van der Waals surface area contributed by atoms with Crippen molar-refractivity contribution in [3.05, 3.63) is 131 Å². The summed E-state index contributed by atoms with van der Waals surface area (Å²) < 4.78 is 239. The van der Waals surface area contributed by atoms with Gasteiger partial charge in [-0.1, -0.05) is 0 Å². The van der Waals surface area contributed by atoms with Gasteiger partial charge in [0, 0.05) is 76.7 Å². The van der Waals surface area contributed by atoms with Crippen molar-refractivity contribution in [2.24, 2.45) is 0 Å². The van der Waals surface area contributed by atoms with Gasteiger partial charge in [-0.25, -0.2) is 79.3 Å². The summed E-state index contributed by atoms with van der Waals surface area (Å²) in [6, 6.07) is 13.9. The zero-order valence-electron chi connectivity index (χ0n) is 71.8.